The summed E-state index contributed by atoms with van der Waals surface area (Å²) in [7, 11) is 3.23. The number of carbonyl (C=O) groups excluding carboxylic acids is 1. The Morgan fingerprint density at radius 2 is 1.83 bits per heavy atom. The van der Waals surface area contributed by atoms with Crippen LogP contribution in [0.5, 0.6) is 11.5 Å². The van der Waals surface area contributed by atoms with E-state index in [4.69, 9.17) is 21.1 Å². The number of rotatable bonds is 3. The number of methoxy groups -OCH3 is 2. The van der Waals surface area contributed by atoms with Crippen molar-refractivity contribution in [1.29, 1.82) is 0 Å². The molecule has 2 aliphatic rings. The maximum Gasteiger partial charge on any atom is 0.246 e. The largest absolute Gasteiger partial charge is 0.493 e. The number of fused-ring (bicyclic) bond motifs is 2. The fourth-order valence-electron chi connectivity index (χ4n) is 3.34. The molecule has 2 aromatic carbocycles. The molecule has 4 rings (SSSR count). The van der Waals surface area contributed by atoms with E-state index in [0.29, 0.717) is 18.0 Å². The van der Waals surface area contributed by atoms with Crippen LogP contribution in [0.15, 0.2) is 47.4 Å². The van der Waals surface area contributed by atoms with Crippen molar-refractivity contribution in [3.05, 3.63) is 53.6 Å². The Bertz CT molecular complexity index is 813. The quantitative estimate of drug-likeness (QED) is 0.618. The van der Waals surface area contributed by atoms with E-state index < -0.39 is 10.2 Å². The van der Waals surface area contributed by atoms with E-state index in [0.717, 1.165) is 16.0 Å². The number of halogens is 1. The Morgan fingerprint density at radius 1 is 1.17 bits per heavy atom. The van der Waals surface area contributed by atoms with Crippen LogP contribution in [0.25, 0.3) is 0 Å². The van der Waals surface area contributed by atoms with Crippen molar-refractivity contribution < 1.29 is 14.3 Å². The molecule has 0 aromatic heterocycles. The van der Waals surface area contributed by atoms with Crippen LogP contribution in [0.2, 0.25) is 0 Å². The zero-order valence-electron chi connectivity index (χ0n) is 13.3. The minimum atomic E-state index is -0.578. The van der Waals surface area contributed by atoms with Gasteiger partial charge in [-0.3, -0.25) is 4.79 Å². The lowest BCUT2D eigenvalue weighted by atomic mass is 9.91. The molecule has 0 aliphatic carbocycles. The summed E-state index contributed by atoms with van der Waals surface area (Å²) in [6.45, 7) is 0.514. The van der Waals surface area contributed by atoms with Crippen molar-refractivity contribution in [3.8, 4) is 11.5 Å². The van der Waals surface area contributed by atoms with Gasteiger partial charge in [0.15, 0.2) is 11.5 Å². The fourth-order valence-corrected chi connectivity index (χ4v) is 5.31. The highest BCUT2D eigenvalue weighted by Gasteiger charge is 2.63. The van der Waals surface area contributed by atoms with Crippen LogP contribution in [0.3, 0.4) is 0 Å². The topological polar surface area (TPSA) is 38.8 Å². The van der Waals surface area contributed by atoms with Gasteiger partial charge in [0.2, 0.25) is 5.91 Å². The second kappa shape index (κ2) is 5.60. The third kappa shape index (κ3) is 1.98. The maximum absolute atomic E-state index is 12.4. The Balaban J connectivity index is 1.84. The molecule has 0 unspecified atom stereocenters. The number of carbonyl (C=O) groups is 1. The van der Waals surface area contributed by atoms with Gasteiger partial charge in [0.25, 0.3) is 0 Å². The number of β-lactam (4-membered cyclic amide) rings is 1. The zero-order valence-corrected chi connectivity index (χ0v) is 14.9. The van der Waals surface area contributed by atoms with Crippen LogP contribution in [0.4, 0.5) is 0 Å². The van der Waals surface area contributed by atoms with Gasteiger partial charge in [-0.05, 0) is 23.3 Å². The number of hydrogen-bond donors (Lipinski definition) is 0. The van der Waals surface area contributed by atoms with E-state index in [1.165, 1.54) is 0 Å². The molecule has 0 bridgehead atoms. The van der Waals surface area contributed by atoms with Gasteiger partial charge in [-0.25, -0.2) is 0 Å². The molecule has 0 saturated carbocycles. The van der Waals surface area contributed by atoms with E-state index in [1.807, 2.05) is 47.4 Å². The molecule has 2 atom stereocenters. The molecule has 24 heavy (non-hydrogen) atoms. The summed E-state index contributed by atoms with van der Waals surface area (Å²) in [5.41, 5.74) is 2.08. The summed E-state index contributed by atoms with van der Waals surface area (Å²) < 4.78 is 10.8. The van der Waals surface area contributed by atoms with Gasteiger partial charge in [-0.15, -0.1) is 11.6 Å². The van der Waals surface area contributed by atoms with Crippen molar-refractivity contribution in [2.24, 2.45) is 0 Å². The maximum atomic E-state index is 12.4. The molecular weight excluding hydrogens is 346 g/mol. The molecular formula is C18H16ClNO3S. The van der Waals surface area contributed by atoms with E-state index in [1.54, 1.807) is 26.0 Å². The van der Waals surface area contributed by atoms with Crippen molar-refractivity contribution in [2.75, 3.05) is 14.2 Å². The molecule has 4 nitrogen and oxygen atoms in total. The molecule has 2 aliphatic heterocycles. The molecule has 2 aromatic rings. The number of benzene rings is 2. The number of nitrogens with zero attached hydrogens (tertiary/aromatic N) is 1. The zero-order chi connectivity index (χ0) is 16.9. The van der Waals surface area contributed by atoms with Crippen LogP contribution < -0.4 is 9.47 Å². The van der Waals surface area contributed by atoms with Gasteiger partial charge < -0.3 is 14.4 Å². The molecule has 1 fully saturated rings. The number of hydrogen-bond acceptors (Lipinski definition) is 4. The predicted octanol–water partition coefficient (Wildman–Crippen LogP) is 3.61. The standard InChI is InChI=1S/C18H16ClNO3S/c1-22-13-8-11-10-20-17(21)16(19)18(20,12-6-4-3-5-7-12)24-15(11)9-14(13)23-2/h3-9,16H,10H2,1-2H3/t16-,18-/m0/s1. The molecule has 0 N–H and O–H groups in total. The summed E-state index contributed by atoms with van der Waals surface area (Å²) in [6, 6.07) is 13.8. The van der Waals surface area contributed by atoms with Gasteiger partial charge in [0.05, 0.1) is 14.2 Å². The molecule has 1 amide bonds. The van der Waals surface area contributed by atoms with Crippen LogP contribution in [0.1, 0.15) is 11.1 Å². The normalized spacial score (nSPS) is 24.7. The second-order valence-electron chi connectivity index (χ2n) is 5.77. The summed E-state index contributed by atoms with van der Waals surface area (Å²) in [5, 5.41) is -0.578. The van der Waals surface area contributed by atoms with Crippen molar-refractivity contribution in [3.63, 3.8) is 0 Å². The molecule has 1 saturated heterocycles. The van der Waals surface area contributed by atoms with Gasteiger partial charge in [-0.2, -0.15) is 0 Å². The van der Waals surface area contributed by atoms with Crippen molar-refractivity contribution in [1.82, 2.24) is 4.90 Å². The second-order valence-corrected chi connectivity index (χ2v) is 7.47. The highest BCUT2D eigenvalue weighted by molar-refractivity contribution is 8.00. The van der Waals surface area contributed by atoms with Gasteiger partial charge in [-0.1, -0.05) is 42.1 Å². The Hall–Kier alpha value is -1.85. The first-order valence-electron chi connectivity index (χ1n) is 7.57. The Kier molecular flexibility index (Phi) is 3.66. The lowest BCUT2D eigenvalue weighted by Crippen LogP contribution is -2.68. The summed E-state index contributed by atoms with van der Waals surface area (Å²) in [5.74, 6) is 1.31. The summed E-state index contributed by atoms with van der Waals surface area (Å²) in [4.78, 5) is 14.7. The predicted molar refractivity (Wildman–Crippen MR) is 93.7 cm³/mol. The number of thioether (sulfide) groups is 1. The average Bonchev–Trinajstić information content (AvgIpc) is 2.65. The van der Waals surface area contributed by atoms with Crippen molar-refractivity contribution >= 4 is 29.3 Å². The third-order valence-electron chi connectivity index (χ3n) is 4.58. The van der Waals surface area contributed by atoms with Crippen LogP contribution in [-0.4, -0.2) is 30.4 Å². The lowest BCUT2D eigenvalue weighted by molar-refractivity contribution is -0.149. The van der Waals surface area contributed by atoms with Crippen molar-refractivity contribution in [2.45, 2.75) is 21.7 Å². The fraction of sp³-hybridized carbons (Fsp3) is 0.278. The number of alkyl halides is 1. The average molecular weight is 362 g/mol. The summed E-state index contributed by atoms with van der Waals surface area (Å²) >= 11 is 8.10. The first-order chi connectivity index (χ1) is 11.6. The van der Waals surface area contributed by atoms with Gasteiger partial charge in [0, 0.05) is 11.4 Å². The van der Waals surface area contributed by atoms with Gasteiger partial charge >= 0.3 is 0 Å². The molecule has 0 radical (unpaired) electrons. The lowest BCUT2D eigenvalue weighted by Gasteiger charge is -2.57. The number of amides is 1. The van der Waals surface area contributed by atoms with E-state index in [9.17, 15) is 4.79 Å². The minimum absolute atomic E-state index is 0.0338. The number of ether oxygens (including phenoxy) is 2. The van der Waals surface area contributed by atoms with Gasteiger partial charge in [0.1, 0.15) is 10.2 Å². The molecule has 6 heteroatoms. The summed E-state index contributed by atoms with van der Waals surface area (Å²) in [6.07, 6.45) is 0. The first kappa shape index (κ1) is 15.7. The van der Waals surface area contributed by atoms with Crippen LogP contribution in [0, 0.1) is 0 Å². The smallest absolute Gasteiger partial charge is 0.246 e. The van der Waals surface area contributed by atoms with E-state index >= 15 is 0 Å². The Morgan fingerprint density at radius 3 is 2.50 bits per heavy atom. The third-order valence-corrected chi connectivity index (χ3v) is 6.81. The van der Waals surface area contributed by atoms with E-state index in [-0.39, 0.29) is 5.91 Å². The molecule has 124 valence electrons. The first-order valence-corrected chi connectivity index (χ1v) is 8.82. The SMILES string of the molecule is COc1cc2c(cc1OC)S[C@@]1(c3ccccc3)[C@@H](Cl)C(=O)N1C2. The monoisotopic (exact) mass is 361 g/mol. The van der Waals surface area contributed by atoms with Crippen LogP contribution >= 0.6 is 23.4 Å². The highest BCUT2D eigenvalue weighted by atomic mass is 35.5. The van der Waals surface area contributed by atoms with Crippen LogP contribution in [-0.2, 0) is 16.2 Å². The Labute approximate surface area is 149 Å². The molecule has 0 spiro atoms. The molecule has 2 heterocycles. The highest BCUT2D eigenvalue weighted by Crippen LogP contribution is 2.60. The van der Waals surface area contributed by atoms with E-state index in [2.05, 4.69) is 0 Å². The minimum Gasteiger partial charge on any atom is -0.493 e.